The molecule has 3 heterocycles. The fraction of sp³-hybridized carbons (Fsp3) is 0.421. The van der Waals surface area contributed by atoms with E-state index in [1.165, 1.54) is 16.5 Å². The van der Waals surface area contributed by atoms with Crippen molar-refractivity contribution in [1.29, 1.82) is 0 Å². The van der Waals surface area contributed by atoms with Crippen LogP contribution >= 0.6 is 0 Å². The summed E-state index contributed by atoms with van der Waals surface area (Å²) in [6, 6.07) is 8.41. The van der Waals surface area contributed by atoms with Crippen LogP contribution in [0.25, 0.3) is 10.9 Å². The summed E-state index contributed by atoms with van der Waals surface area (Å²) in [4.78, 5) is 2.45. The van der Waals surface area contributed by atoms with Crippen LogP contribution in [0.4, 0.5) is 0 Å². The average molecular weight is 325 g/mol. The first-order valence-corrected chi connectivity index (χ1v) is 8.54. The molecule has 0 unspecified atom stereocenters. The Bertz CT molecular complexity index is 828. The van der Waals surface area contributed by atoms with Crippen molar-refractivity contribution in [3.63, 3.8) is 0 Å². The van der Waals surface area contributed by atoms with Gasteiger partial charge in [-0.05, 0) is 38.0 Å². The zero-order valence-corrected chi connectivity index (χ0v) is 14.2. The first-order valence-electron chi connectivity index (χ1n) is 8.54. The number of piperidine rings is 1. The molecule has 0 saturated carbocycles. The molecule has 0 bridgehead atoms. The van der Waals surface area contributed by atoms with Crippen LogP contribution in [0, 0.1) is 6.92 Å². The molecular formula is C19H23N3O2. The summed E-state index contributed by atoms with van der Waals surface area (Å²) < 4.78 is 13.6. The van der Waals surface area contributed by atoms with Crippen molar-refractivity contribution in [2.45, 2.75) is 32.4 Å². The van der Waals surface area contributed by atoms with Crippen molar-refractivity contribution in [3.8, 4) is 5.75 Å². The fourth-order valence-electron chi connectivity index (χ4n) is 3.45. The van der Waals surface area contributed by atoms with Gasteiger partial charge in [0.1, 0.15) is 17.6 Å². The number of fused-ring (bicyclic) bond motifs is 1. The predicted octanol–water partition coefficient (Wildman–Crippen LogP) is 3.52. The zero-order valence-electron chi connectivity index (χ0n) is 14.2. The predicted molar refractivity (Wildman–Crippen MR) is 93.1 cm³/mol. The fourth-order valence-corrected chi connectivity index (χ4v) is 3.45. The highest BCUT2D eigenvalue weighted by Crippen LogP contribution is 2.29. The quantitative estimate of drug-likeness (QED) is 0.736. The van der Waals surface area contributed by atoms with Gasteiger partial charge in [-0.25, -0.2) is 0 Å². The van der Waals surface area contributed by atoms with Crippen LogP contribution in [0.15, 0.2) is 41.2 Å². The number of hydrogen-bond acceptors (Lipinski definition) is 4. The van der Waals surface area contributed by atoms with Gasteiger partial charge in [0, 0.05) is 43.8 Å². The number of nitrogens with zero attached hydrogens (tertiary/aromatic N) is 3. The molecule has 0 amide bonds. The third-order valence-electron chi connectivity index (χ3n) is 4.96. The lowest BCUT2D eigenvalue weighted by molar-refractivity contribution is 0.0977. The summed E-state index contributed by atoms with van der Waals surface area (Å²) in [6.07, 6.45) is 6.30. The van der Waals surface area contributed by atoms with Gasteiger partial charge in [0.15, 0.2) is 0 Å². The molecule has 5 heteroatoms. The van der Waals surface area contributed by atoms with Gasteiger partial charge in [-0.1, -0.05) is 11.2 Å². The van der Waals surface area contributed by atoms with E-state index >= 15 is 0 Å². The molecule has 126 valence electrons. The monoisotopic (exact) mass is 325 g/mol. The van der Waals surface area contributed by atoms with Crippen LogP contribution < -0.4 is 4.74 Å². The Balaban J connectivity index is 1.38. The van der Waals surface area contributed by atoms with Gasteiger partial charge in [0.25, 0.3) is 0 Å². The van der Waals surface area contributed by atoms with E-state index in [-0.39, 0.29) is 6.10 Å². The van der Waals surface area contributed by atoms with E-state index in [1.807, 2.05) is 13.1 Å². The average Bonchev–Trinajstić information content (AvgIpc) is 3.17. The van der Waals surface area contributed by atoms with Gasteiger partial charge >= 0.3 is 0 Å². The van der Waals surface area contributed by atoms with E-state index in [1.54, 1.807) is 0 Å². The maximum absolute atomic E-state index is 6.32. The Morgan fingerprint density at radius 2 is 2.08 bits per heavy atom. The molecule has 2 aromatic heterocycles. The molecule has 4 rings (SSSR count). The van der Waals surface area contributed by atoms with Crippen molar-refractivity contribution >= 4 is 10.9 Å². The summed E-state index contributed by atoms with van der Waals surface area (Å²) in [5, 5.41) is 5.06. The smallest absolute Gasteiger partial charge is 0.138 e. The maximum atomic E-state index is 6.32. The van der Waals surface area contributed by atoms with Gasteiger partial charge in [-0.2, -0.15) is 0 Å². The Morgan fingerprint density at radius 3 is 2.83 bits per heavy atom. The molecule has 5 nitrogen and oxygen atoms in total. The van der Waals surface area contributed by atoms with Crippen LogP contribution in [0.3, 0.4) is 0 Å². The Labute approximate surface area is 141 Å². The summed E-state index contributed by atoms with van der Waals surface area (Å²) in [7, 11) is 2.07. The summed E-state index contributed by atoms with van der Waals surface area (Å²) in [5.41, 5.74) is 2.40. The second-order valence-electron chi connectivity index (χ2n) is 6.62. The highest BCUT2D eigenvalue weighted by atomic mass is 16.5. The van der Waals surface area contributed by atoms with Gasteiger partial charge in [-0.3, -0.25) is 4.90 Å². The summed E-state index contributed by atoms with van der Waals surface area (Å²) in [6.45, 7) is 4.97. The summed E-state index contributed by atoms with van der Waals surface area (Å²) in [5.74, 6) is 1.92. The first kappa shape index (κ1) is 15.3. The van der Waals surface area contributed by atoms with Gasteiger partial charge < -0.3 is 13.8 Å². The first-order chi connectivity index (χ1) is 11.7. The number of aromatic nitrogens is 2. The van der Waals surface area contributed by atoms with E-state index in [0.29, 0.717) is 0 Å². The minimum Gasteiger partial charge on any atom is -0.490 e. The SMILES string of the molecule is Cc1oncc1CN1CCC(Oc2cccc3c2ccn3C)CC1. The third-order valence-corrected chi connectivity index (χ3v) is 4.96. The second kappa shape index (κ2) is 6.32. The summed E-state index contributed by atoms with van der Waals surface area (Å²) >= 11 is 0. The van der Waals surface area contributed by atoms with Crippen molar-refractivity contribution < 1.29 is 9.26 Å². The van der Waals surface area contributed by atoms with E-state index in [4.69, 9.17) is 9.26 Å². The number of rotatable bonds is 4. The number of likely N-dealkylation sites (tertiary alicyclic amines) is 1. The van der Waals surface area contributed by atoms with E-state index in [0.717, 1.165) is 44.0 Å². The molecule has 1 saturated heterocycles. The number of hydrogen-bond donors (Lipinski definition) is 0. The minimum atomic E-state index is 0.288. The van der Waals surface area contributed by atoms with Crippen molar-refractivity contribution in [2.24, 2.45) is 7.05 Å². The second-order valence-corrected chi connectivity index (χ2v) is 6.62. The molecule has 1 aliphatic heterocycles. The number of aryl methyl sites for hydroxylation is 2. The molecule has 0 radical (unpaired) electrons. The molecule has 0 aliphatic carbocycles. The highest BCUT2D eigenvalue weighted by molar-refractivity contribution is 5.86. The molecule has 1 aromatic carbocycles. The van der Waals surface area contributed by atoms with E-state index < -0.39 is 0 Å². The number of ether oxygens (including phenoxy) is 1. The largest absolute Gasteiger partial charge is 0.490 e. The third kappa shape index (κ3) is 2.91. The van der Waals surface area contributed by atoms with Crippen LogP contribution in [-0.4, -0.2) is 33.8 Å². The Kier molecular flexibility index (Phi) is 4.02. The topological polar surface area (TPSA) is 43.4 Å². The van der Waals surface area contributed by atoms with Crippen LogP contribution in [0.1, 0.15) is 24.2 Å². The molecule has 0 N–H and O–H groups in total. The highest BCUT2D eigenvalue weighted by Gasteiger charge is 2.22. The standard InChI is InChI=1S/C19H23N3O2/c1-14-15(12-20-24-14)13-22-10-6-16(7-11-22)23-19-5-3-4-18-17(19)8-9-21(18)2/h3-5,8-9,12,16H,6-7,10-11,13H2,1-2H3. The van der Waals surface area contributed by atoms with Gasteiger partial charge in [0.2, 0.25) is 0 Å². The Hall–Kier alpha value is -2.27. The molecule has 24 heavy (non-hydrogen) atoms. The van der Waals surface area contributed by atoms with Gasteiger partial charge in [-0.15, -0.1) is 0 Å². The molecule has 1 fully saturated rings. The van der Waals surface area contributed by atoms with E-state index in [2.05, 4.69) is 52.1 Å². The zero-order chi connectivity index (χ0) is 16.5. The van der Waals surface area contributed by atoms with Crippen molar-refractivity contribution in [2.75, 3.05) is 13.1 Å². The molecule has 0 spiro atoms. The Morgan fingerprint density at radius 1 is 1.25 bits per heavy atom. The lowest BCUT2D eigenvalue weighted by Crippen LogP contribution is -2.37. The molecule has 0 atom stereocenters. The minimum absolute atomic E-state index is 0.288. The lowest BCUT2D eigenvalue weighted by Gasteiger charge is -2.32. The van der Waals surface area contributed by atoms with Crippen molar-refractivity contribution in [3.05, 3.63) is 48.0 Å². The molecular weight excluding hydrogens is 302 g/mol. The normalized spacial score (nSPS) is 16.8. The van der Waals surface area contributed by atoms with Crippen LogP contribution in [-0.2, 0) is 13.6 Å². The van der Waals surface area contributed by atoms with Gasteiger partial charge in [0.05, 0.1) is 11.7 Å². The van der Waals surface area contributed by atoms with Crippen LogP contribution in [0.2, 0.25) is 0 Å². The maximum Gasteiger partial charge on any atom is 0.138 e. The van der Waals surface area contributed by atoms with Crippen LogP contribution in [0.5, 0.6) is 5.75 Å². The molecule has 3 aromatic rings. The number of benzene rings is 1. The molecule has 1 aliphatic rings. The lowest BCUT2D eigenvalue weighted by atomic mass is 10.1. The van der Waals surface area contributed by atoms with E-state index in [9.17, 15) is 0 Å². The van der Waals surface area contributed by atoms with Crippen molar-refractivity contribution in [1.82, 2.24) is 14.6 Å².